The Labute approximate surface area is 97.7 Å². The third kappa shape index (κ3) is 6.50. The second kappa shape index (κ2) is 6.18. The molecule has 0 heterocycles. The topological polar surface area (TPSA) is 18.5 Å². The standard InChI is InChI=1S/C11H28O2Si2/c1-8-11(9-2)10-14(4,5)13-15(6,7)12-3/h11H,8-10H2,1-7H3. The van der Waals surface area contributed by atoms with E-state index in [1.165, 1.54) is 18.9 Å². The second-order valence-electron chi connectivity index (χ2n) is 5.35. The summed E-state index contributed by atoms with van der Waals surface area (Å²) in [5.74, 6) is 0.827. The van der Waals surface area contributed by atoms with Crippen LogP contribution in [0.4, 0.5) is 0 Å². The molecule has 0 bridgehead atoms. The Morgan fingerprint density at radius 1 is 1.00 bits per heavy atom. The van der Waals surface area contributed by atoms with Crippen LogP contribution < -0.4 is 0 Å². The smallest absolute Gasteiger partial charge is 0.321 e. The molecule has 0 aromatic rings. The maximum Gasteiger partial charge on any atom is 0.321 e. The summed E-state index contributed by atoms with van der Waals surface area (Å²) in [4.78, 5) is 0. The molecule has 0 aliphatic rings. The van der Waals surface area contributed by atoms with Crippen LogP contribution in [-0.4, -0.2) is 24.0 Å². The van der Waals surface area contributed by atoms with E-state index in [0.29, 0.717) is 0 Å². The molecule has 0 radical (unpaired) electrons. The third-order valence-electron chi connectivity index (χ3n) is 2.95. The summed E-state index contributed by atoms with van der Waals surface area (Å²) in [6.45, 7) is 13.5. The van der Waals surface area contributed by atoms with E-state index in [-0.39, 0.29) is 0 Å². The highest BCUT2D eigenvalue weighted by molar-refractivity contribution is 6.82. The molecule has 0 amide bonds. The summed E-state index contributed by atoms with van der Waals surface area (Å²) < 4.78 is 11.7. The molecule has 0 fully saturated rings. The number of rotatable bonds is 7. The first kappa shape index (κ1) is 15.4. The fraction of sp³-hybridized carbons (Fsp3) is 1.00. The molecule has 0 atom stereocenters. The minimum atomic E-state index is -1.84. The summed E-state index contributed by atoms with van der Waals surface area (Å²) in [7, 11) is -1.60. The van der Waals surface area contributed by atoms with Crippen LogP contribution in [0.1, 0.15) is 26.7 Å². The summed E-state index contributed by atoms with van der Waals surface area (Å²) in [6.07, 6.45) is 2.54. The Morgan fingerprint density at radius 2 is 1.47 bits per heavy atom. The quantitative estimate of drug-likeness (QED) is 0.634. The van der Waals surface area contributed by atoms with Crippen molar-refractivity contribution in [2.75, 3.05) is 7.11 Å². The molecular weight excluding hydrogens is 220 g/mol. The minimum absolute atomic E-state index is 0.827. The summed E-state index contributed by atoms with van der Waals surface area (Å²) in [5, 5.41) is 0. The predicted octanol–water partition coefficient (Wildman–Crippen LogP) is 3.99. The molecule has 0 unspecified atom stereocenters. The zero-order chi connectivity index (χ0) is 12.1. The molecule has 4 heteroatoms. The van der Waals surface area contributed by atoms with Crippen LogP contribution >= 0.6 is 0 Å². The average Bonchev–Trinajstić information content (AvgIpc) is 2.12. The van der Waals surface area contributed by atoms with Crippen molar-refractivity contribution >= 4 is 16.9 Å². The lowest BCUT2D eigenvalue weighted by Crippen LogP contribution is -2.46. The highest BCUT2D eigenvalue weighted by Crippen LogP contribution is 2.26. The number of hydrogen-bond acceptors (Lipinski definition) is 2. The van der Waals surface area contributed by atoms with Crippen LogP contribution in [0.25, 0.3) is 0 Å². The maximum atomic E-state index is 6.26. The van der Waals surface area contributed by atoms with E-state index in [9.17, 15) is 0 Å². The van der Waals surface area contributed by atoms with Crippen LogP contribution in [0.3, 0.4) is 0 Å². The molecular formula is C11H28O2Si2. The van der Waals surface area contributed by atoms with E-state index in [1.807, 2.05) is 0 Å². The van der Waals surface area contributed by atoms with Gasteiger partial charge in [0.2, 0.25) is 0 Å². The van der Waals surface area contributed by atoms with Crippen molar-refractivity contribution in [3.05, 3.63) is 0 Å². The first-order valence-corrected chi connectivity index (χ1v) is 11.9. The Bertz CT molecular complexity index is 177. The highest BCUT2D eigenvalue weighted by atomic mass is 28.4. The second-order valence-corrected chi connectivity index (χ2v) is 13.3. The van der Waals surface area contributed by atoms with Gasteiger partial charge in [-0.3, -0.25) is 0 Å². The summed E-state index contributed by atoms with van der Waals surface area (Å²) in [6, 6.07) is 1.26. The van der Waals surface area contributed by atoms with E-state index in [2.05, 4.69) is 40.0 Å². The maximum absolute atomic E-state index is 6.26. The fourth-order valence-corrected chi connectivity index (χ4v) is 9.98. The SMILES string of the molecule is CCC(CC)C[Si](C)(C)O[Si](C)(C)OC. The van der Waals surface area contributed by atoms with Gasteiger partial charge in [0, 0.05) is 7.11 Å². The van der Waals surface area contributed by atoms with Gasteiger partial charge in [-0.05, 0) is 38.2 Å². The van der Waals surface area contributed by atoms with Crippen molar-refractivity contribution in [1.82, 2.24) is 0 Å². The van der Waals surface area contributed by atoms with E-state index in [4.69, 9.17) is 8.54 Å². The fourth-order valence-electron chi connectivity index (χ4n) is 2.02. The van der Waals surface area contributed by atoms with Crippen molar-refractivity contribution in [2.24, 2.45) is 5.92 Å². The highest BCUT2D eigenvalue weighted by Gasteiger charge is 2.34. The largest absolute Gasteiger partial charge is 0.436 e. The summed E-state index contributed by atoms with van der Waals surface area (Å²) in [5.41, 5.74) is 0. The van der Waals surface area contributed by atoms with Gasteiger partial charge < -0.3 is 8.54 Å². The van der Waals surface area contributed by atoms with Crippen molar-refractivity contribution in [1.29, 1.82) is 0 Å². The van der Waals surface area contributed by atoms with Gasteiger partial charge in [-0.2, -0.15) is 0 Å². The van der Waals surface area contributed by atoms with E-state index in [1.54, 1.807) is 7.11 Å². The molecule has 0 saturated heterocycles. The third-order valence-corrected chi connectivity index (χ3v) is 9.67. The molecule has 0 saturated carbocycles. The Kier molecular flexibility index (Phi) is 6.32. The van der Waals surface area contributed by atoms with E-state index >= 15 is 0 Å². The lowest BCUT2D eigenvalue weighted by atomic mass is 10.1. The zero-order valence-electron chi connectivity index (χ0n) is 11.5. The molecule has 2 nitrogen and oxygen atoms in total. The first-order chi connectivity index (χ1) is 6.76. The Balaban J connectivity index is 4.28. The normalized spacial score (nSPS) is 13.6. The molecule has 0 spiro atoms. The van der Waals surface area contributed by atoms with Gasteiger partial charge in [0.15, 0.2) is 8.32 Å². The monoisotopic (exact) mass is 248 g/mol. The lowest BCUT2D eigenvalue weighted by Gasteiger charge is -2.34. The van der Waals surface area contributed by atoms with Crippen molar-refractivity contribution in [3.8, 4) is 0 Å². The van der Waals surface area contributed by atoms with Gasteiger partial charge in [-0.1, -0.05) is 26.7 Å². The van der Waals surface area contributed by atoms with Gasteiger partial charge in [0.1, 0.15) is 0 Å². The number of hydrogen-bond donors (Lipinski definition) is 0. The molecule has 0 aromatic heterocycles. The molecule has 0 aliphatic carbocycles. The molecule has 0 N–H and O–H groups in total. The predicted molar refractivity (Wildman–Crippen MR) is 71.9 cm³/mol. The van der Waals surface area contributed by atoms with Crippen LogP contribution in [0.5, 0.6) is 0 Å². The first-order valence-electron chi connectivity index (χ1n) is 6.01. The Hall–Kier alpha value is 0.354. The average molecular weight is 249 g/mol. The van der Waals surface area contributed by atoms with Gasteiger partial charge in [-0.15, -0.1) is 0 Å². The van der Waals surface area contributed by atoms with E-state index in [0.717, 1.165) is 5.92 Å². The molecule has 92 valence electrons. The molecule has 0 aliphatic heterocycles. The molecule has 15 heavy (non-hydrogen) atoms. The van der Waals surface area contributed by atoms with Crippen LogP contribution in [0, 0.1) is 5.92 Å². The van der Waals surface area contributed by atoms with Gasteiger partial charge in [0.25, 0.3) is 0 Å². The van der Waals surface area contributed by atoms with Crippen LogP contribution in [0.15, 0.2) is 0 Å². The Morgan fingerprint density at radius 3 is 1.80 bits per heavy atom. The van der Waals surface area contributed by atoms with Crippen molar-refractivity contribution < 1.29 is 8.54 Å². The van der Waals surface area contributed by atoms with Gasteiger partial charge >= 0.3 is 8.56 Å². The van der Waals surface area contributed by atoms with Crippen molar-refractivity contribution in [2.45, 2.75) is 58.9 Å². The van der Waals surface area contributed by atoms with Crippen LogP contribution in [-0.2, 0) is 8.54 Å². The molecule has 0 aromatic carbocycles. The van der Waals surface area contributed by atoms with Crippen LogP contribution in [0.2, 0.25) is 32.2 Å². The van der Waals surface area contributed by atoms with Gasteiger partial charge in [-0.25, -0.2) is 0 Å². The zero-order valence-corrected chi connectivity index (χ0v) is 13.5. The van der Waals surface area contributed by atoms with E-state index < -0.39 is 16.9 Å². The lowest BCUT2D eigenvalue weighted by molar-refractivity contribution is 0.307. The van der Waals surface area contributed by atoms with Gasteiger partial charge in [0.05, 0.1) is 0 Å². The van der Waals surface area contributed by atoms with Crippen molar-refractivity contribution in [3.63, 3.8) is 0 Å². The minimum Gasteiger partial charge on any atom is -0.436 e. The molecule has 0 rings (SSSR count). The summed E-state index contributed by atoms with van der Waals surface area (Å²) >= 11 is 0.